The standard InChI is InChI=1S/C18H14FN3O3/c1-11(23)13-4-2-3-5-15(13)21-17(24)9-22-10-20-16-8-12(19)6-7-14(16)18(22)25/h2-8,10H,9H2,1H3,(H,21,24). The van der Waals surface area contributed by atoms with Gasteiger partial charge in [0, 0.05) is 11.6 Å². The van der Waals surface area contributed by atoms with Crippen molar-refractivity contribution in [3.8, 4) is 0 Å². The summed E-state index contributed by atoms with van der Waals surface area (Å²) >= 11 is 0. The van der Waals surface area contributed by atoms with Gasteiger partial charge in [0.2, 0.25) is 5.91 Å². The van der Waals surface area contributed by atoms with Crippen molar-refractivity contribution in [3.05, 3.63) is 70.5 Å². The fraction of sp³-hybridized carbons (Fsp3) is 0.111. The van der Waals surface area contributed by atoms with Gasteiger partial charge in [-0.25, -0.2) is 9.37 Å². The quantitative estimate of drug-likeness (QED) is 0.740. The predicted molar refractivity (Wildman–Crippen MR) is 91.0 cm³/mol. The fourth-order valence-electron chi connectivity index (χ4n) is 2.49. The van der Waals surface area contributed by atoms with Crippen LogP contribution in [0.25, 0.3) is 10.9 Å². The molecule has 0 saturated carbocycles. The van der Waals surface area contributed by atoms with Gasteiger partial charge in [0.1, 0.15) is 12.4 Å². The molecular weight excluding hydrogens is 325 g/mol. The van der Waals surface area contributed by atoms with Crippen molar-refractivity contribution < 1.29 is 14.0 Å². The number of hydrogen-bond donors (Lipinski definition) is 1. The van der Waals surface area contributed by atoms with E-state index in [9.17, 15) is 18.8 Å². The molecule has 6 nitrogen and oxygen atoms in total. The summed E-state index contributed by atoms with van der Waals surface area (Å²) in [5.74, 6) is -1.14. The normalized spacial score (nSPS) is 10.6. The van der Waals surface area contributed by atoms with Gasteiger partial charge in [-0.05, 0) is 31.2 Å². The molecule has 0 spiro atoms. The molecule has 1 N–H and O–H groups in total. The van der Waals surface area contributed by atoms with E-state index >= 15 is 0 Å². The summed E-state index contributed by atoms with van der Waals surface area (Å²) in [7, 11) is 0. The number of carbonyl (C=O) groups excluding carboxylic acids is 2. The summed E-state index contributed by atoms with van der Waals surface area (Å²) in [5.41, 5.74) is 0.544. The van der Waals surface area contributed by atoms with Gasteiger partial charge in [0.25, 0.3) is 5.56 Å². The van der Waals surface area contributed by atoms with Crippen LogP contribution in [0.4, 0.5) is 10.1 Å². The van der Waals surface area contributed by atoms with Crippen LogP contribution < -0.4 is 10.9 Å². The van der Waals surface area contributed by atoms with E-state index in [4.69, 9.17) is 0 Å². The number of Topliss-reactive ketones (excluding diaryl/α,β-unsaturated/α-hetero) is 1. The molecule has 0 aliphatic heterocycles. The minimum absolute atomic E-state index is 0.178. The summed E-state index contributed by atoms with van der Waals surface area (Å²) in [4.78, 5) is 40.2. The molecule has 0 atom stereocenters. The van der Waals surface area contributed by atoms with Gasteiger partial charge >= 0.3 is 0 Å². The Kier molecular flexibility index (Phi) is 4.38. The van der Waals surface area contributed by atoms with Gasteiger partial charge in [-0.15, -0.1) is 0 Å². The van der Waals surface area contributed by atoms with Crippen LogP contribution in [0.2, 0.25) is 0 Å². The zero-order valence-corrected chi connectivity index (χ0v) is 13.3. The van der Waals surface area contributed by atoms with E-state index in [-0.39, 0.29) is 23.2 Å². The molecular formula is C18H14FN3O3. The van der Waals surface area contributed by atoms with Crippen molar-refractivity contribution in [2.75, 3.05) is 5.32 Å². The highest BCUT2D eigenvalue weighted by Crippen LogP contribution is 2.15. The molecule has 7 heteroatoms. The van der Waals surface area contributed by atoms with E-state index in [0.717, 1.165) is 10.6 Å². The van der Waals surface area contributed by atoms with Gasteiger partial charge in [-0.2, -0.15) is 0 Å². The van der Waals surface area contributed by atoms with Crippen LogP contribution in [0.15, 0.2) is 53.6 Å². The Morgan fingerprint density at radius 1 is 1.20 bits per heavy atom. The van der Waals surface area contributed by atoms with Crippen LogP contribution in [0.3, 0.4) is 0 Å². The van der Waals surface area contributed by atoms with Crippen molar-refractivity contribution in [2.24, 2.45) is 0 Å². The summed E-state index contributed by atoms with van der Waals surface area (Å²) in [6.45, 7) is 1.13. The monoisotopic (exact) mass is 339 g/mol. The van der Waals surface area contributed by atoms with Gasteiger partial charge in [-0.1, -0.05) is 12.1 Å². The third-order valence-electron chi connectivity index (χ3n) is 3.68. The van der Waals surface area contributed by atoms with E-state index in [1.807, 2.05) is 0 Å². The minimum atomic E-state index is -0.490. The molecule has 0 aliphatic rings. The molecule has 1 aromatic heterocycles. The molecule has 3 rings (SSSR count). The lowest BCUT2D eigenvalue weighted by atomic mass is 10.1. The highest BCUT2D eigenvalue weighted by Gasteiger charge is 2.12. The molecule has 25 heavy (non-hydrogen) atoms. The molecule has 0 saturated heterocycles. The van der Waals surface area contributed by atoms with E-state index in [1.54, 1.807) is 24.3 Å². The number of para-hydroxylation sites is 1. The number of fused-ring (bicyclic) bond motifs is 1. The fourth-order valence-corrected chi connectivity index (χ4v) is 2.49. The van der Waals surface area contributed by atoms with Gasteiger partial charge < -0.3 is 5.32 Å². The summed E-state index contributed by atoms with van der Waals surface area (Å²) in [5, 5.41) is 2.84. The van der Waals surface area contributed by atoms with Crippen molar-refractivity contribution in [2.45, 2.75) is 13.5 Å². The van der Waals surface area contributed by atoms with E-state index in [2.05, 4.69) is 10.3 Å². The van der Waals surface area contributed by atoms with Crippen molar-refractivity contribution >= 4 is 28.3 Å². The smallest absolute Gasteiger partial charge is 0.261 e. The number of carbonyl (C=O) groups is 2. The van der Waals surface area contributed by atoms with Crippen LogP contribution in [0, 0.1) is 5.82 Å². The summed E-state index contributed by atoms with van der Waals surface area (Å²) in [6, 6.07) is 10.3. The lowest BCUT2D eigenvalue weighted by Crippen LogP contribution is -2.28. The molecule has 0 aliphatic carbocycles. The number of nitrogens with zero attached hydrogens (tertiary/aromatic N) is 2. The van der Waals surface area contributed by atoms with Crippen LogP contribution in [0.1, 0.15) is 17.3 Å². The second kappa shape index (κ2) is 6.64. The molecule has 0 fully saturated rings. The number of ketones is 1. The van der Waals surface area contributed by atoms with Gasteiger partial charge in [0.05, 0.1) is 22.9 Å². The largest absolute Gasteiger partial charge is 0.324 e. The minimum Gasteiger partial charge on any atom is -0.324 e. The molecule has 0 radical (unpaired) electrons. The first-order valence-electron chi connectivity index (χ1n) is 7.50. The molecule has 126 valence electrons. The van der Waals surface area contributed by atoms with Crippen LogP contribution in [0.5, 0.6) is 0 Å². The number of aromatic nitrogens is 2. The number of rotatable bonds is 4. The second-order valence-electron chi connectivity index (χ2n) is 5.49. The van der Waals surface area contributed by atoms with Crippen LogP contribution >= 0.6 is 0 Å². The SMILES string of the molecule is CC(=O)c1ccccc1NC(=O)Cn1cnc2cc(F)ccc2c1=O. The Morgan fingerprint density at radius 3 is 2.72 bits per heavy atom. The van der Waals surface area contributed by atoms with E-state index in [1.165, 1.54) is 25.4 Å². The third kappa shape index (κ3) is 3.45. The first-order chi connectivity index (χ1) is 12.0. The maximum absolute atomic E-state index is 13.2. The van der Waals surface area contributed by atoms with Crippen LogP contribution in [-0.4, -0.2) is 21.2 Å². The molecule has 0 bridgehead atoms. The lowest BCUT2D eigenvalue weighted by molar-refractivity contribution is -0.116. The number of nitrogens with one attached hydrogen (secondary N) is 1. The van der Waals surface area contributed by atoms with Crippen LogP contribution in [-0.2, 0) is 11.3 Å². The Labute approximate surface area is 141 Å². The maximum atomic E-state index is 13.2. The molecule has 0 unspecified atom stereocenters. The molecule has 1 amide bonds. The van der Waals surface area contributed by atoms with Crippen molar-refractivity contribution in [1.82, 2.24) is 9.55 Å². The Hall–Kier alpha value is -3.35. The Morgan fingerprint density at radius 2 is 1.96 bits per heavy atom. The number of hydrogen-bond acceptors (Lipinski definition) is 4. The first kappa shape index (κ1) is 16.5. The average Bonchev–Trinajstić information content (AvgIpc) is 2.57. The number of benzene rings is 2. The zero-order valence-electron chi connectivity index (χ0n) is 13.3. The summed E-state index contributed by atoms with van der Waals surface area (Å²) < 4.78 is 14.3. The first-order valence-corrected chi connectivity index (χ1v) is 7.50. The summed E-state index contributed by atoms with van der Waals surface area (Å²) in [6.07, 6.45) is 1.20. The maximum Gasteiger partial charge on any atom is 0.261 e. The Balaban J connectivity index is 1.86. The zero-order chi connectivity index (χ0) is 18.0. The van der Waals surface area contributed by atoms with Crippen molar-refractivity contribution in [1.29, 1.82) is 0 Å². The van der Waals surface area contributed by atoms with E-state index < -0.39 is 17.3 Å². The highest BCUT2D eigenvalue weighted by molar-refractivity contribution is 6.03. The molecule has 2 aromatic carbocycles. The van der Waals surface area contributed by atoms with Gasteiger partial charge in [-0.3, -0.25) is 19.0 Å². The highest BCUT2D eigenvalue weighted by atomic mass is 19.1. The third-order valence-corrected chi connectivity index (χ3v) is 3.68. The second-order valence-corrected chi connectivity index (χ2v) is 5.49. The predicted octanol–water partition coefficient (Wildman–Crippen LogP) is 2.38. The molecule has 3 aromatic rings. The topological polar surface area (TPSA) is 81.1 Å². The number of anilines is 1. The lowest BCUT2D eigenvalue weighted by Gasteiger charge is -2.10. The average molecular weight is 339 g/mol. The van der Waals surface area contributed by atoms with Gasteiger partial charge in [0.15, 0.2) is 5.78 Å². The Bertz CT molecular complexity index is 1040. The van der Waals surface area contributed by atoms with E-state index in [0.29, 0.717) is 11.3 Å². The number of amides is 1. The van der Waals surface area contributed by atoms with Crippen molar-refractivity contribution in [3.63, 3.8) is 0 Å². The molecule has 1 heterocycles. The number of halogens is 1.